The van der Waals surface area contributed by atoms with Crippen molar-refractivity contribution in [3.05, 3.63) is 0 Å². The Balaban J connectivity index is 2.56. The molecule has 1 heterocycles. The second kappa shape index (κ2) is 2.38. The summed E-state index contributed by atoms with van der Waals surface area (Å²) in [5, 5.41) is 11.0. The highest BCUT2D eigenvalue weighted by molar-refractivity contribution is 6.05. The van der Waals surface area contributed by atoms with Gasteiger partial charge in [-0.25, -0.2) is 0 Å². The van der Waals surface area contributed by atoms with E-state index in [9.17, 15) is 9.59 Å². The van der Waals surface area contributed by atoms with Gasteiger partial charge in [-0.2, -0.15) is 0 Å². The summed E-state index contributed by atoms with van der Waals surface area (Å²) in [6.07, 6.45) is 0. The molecule has 1 amide bonds. The number of nitrogens with one attached hydrogen (secondary N) is 1. The molecule has 1 saturated heterocycles. The molecule has 1 aliphatic rings. The van der Waals surface area contributed by atoms with Crippen LogP contribution in [0.1, 0.15) is 6.92 Å². The molecule has 10 heavy (non-hydrogen) atoms. The third-order valence-corrected chi connectivity index (χ3v) is 1.65. The van der Waals surface area contributed by atoms with Crippen molar-refractivity contribution >= 4 is 11.7 Å². The van der Waals surface area contributed by atoms with Gasteiger partial charge >= 0.3 is 0 Å². The molecule has 1 rings (SSSR count). The minimum Gasteiger partial charge on any atom is -0.394 e. The van der Waals surface area contributed by atoms with Gasteiger partial charge in [0.2, 0.25) is 5.91 Å². The topological polar surface area (TPSA) is 66.4 Å². The zero-order valence-electron chi connectivity index (χ0n) is 5.63. The fraction of sp³-hybridized carbons (Fsp3) is 0.667. The second-order valence-corrected chi connectivity index (χ2v) is 2.39. The molecule has 4 nitrogen and oxygen atoms in total. The Hall–Kier alpha value is -0.900. The Labute approximate surface area is 58.2 Å². The average Bonchev–Trinajstić information content (AvgIpc) is 1.80. The Morgan fingerprint density at radius 3 is 2.60 bits per heavy atom. The van der Waals surface area contributed by atoms with Crippen LogP contribution >= 0.6 is 0 Å². The molecule has 2 N–H and O–H groups in total. The Bertz CT molecular complexity index is 170. The number of amides is 1. The number of β-lactam (4-membered cyclic amide) rings is 1. The van der Waals surface area contributed by atoms with Crippen LogP contribution in [0, 0.1) is 5.92 Å². The van der Waals surface area contributed by atoms with Gasteiger partial charge in [0.25, 0.3) is 0 Å². The Kier molecular flexibility index (Phi) is 1.72. The van der Waals surface area contributed by atoms with Crippen molar-refractivity contribution in [2.45, 2.75) is 13.0 Å². The zero-order chi connectivity index (χ0) is 7.72. The Morgan fingerprint density at radius 2 is 2.40 bits per heavy atom. The first-order valence-electron chi connectivity index (χ1n) is 3.08. The summed E-state index contributed by atoms with van der Waals surface area (Å²) in [6, 6.07) is -0.343. The molecule has 0 radical (unpaired) electrons. The summed E-state index contributed by atoms with van der Waals surface area (Å²) in [5.41, 5.74) is 0. The zero-order valence-corrected chi connectivity index (χ0v) is 5.63. The lowest BCUT2D eigenvalue weighted by atomic mass is 9.88. The summed E-state index contributed by atoms with van der Waals surface area (Å²) in [6.45, 7) is 1.20. The van der Waals surface area contributed by atoms with Crippen LogP contribution in [0.5, 0.6) is 0 Å². The molecule has 4 heteroatoms. The standard InChI is InChI=1S/C6H9NO3/c1-3(9)5-4(2-8)7-6(5)10/h4-5,8H,2H2,1H3,(H,7,10)/t4-,5+/m1/s1. The number of Topliss-reactive ketones (excluding diaryl/α,β-unsaturated/α-hetero) is 1. The fourth-order valence-corrected chi connectivity index (χ4v) is 1.06. The van der Waals surface area contributed by atoms with E-state index in [-0.39, 0.29) is 24.3 Å². The van der Waals surface area contributed by atoms with Gasteiger partial charge in [-0.3, -0.25) is 9.59 Å². The molecule has 0 aromatic carbocycles. The van der Waals surface area contributed by atoms with Gasteiger partial charge in [-0.1, -0.05) is 0 Å². The molecule has 56 valence electrons. The lowest BCUT2D eigenvalue weighted by molar-refractivity contribution is -0.143. The fourth-order valence-electron chi connectivity index (χ4n) is 1.06. The number of aliphatic hydroxyl groups excluding tert-OH is 1. The van der Waals surface area contributed by atoms with Gasteiger partial charge in [0.05, 0.1) is 12.6 Å². The quantitative estimate of drug-likeness (QED) is 0.372. The maximum absolute atomic E-state index is 10.6. The number of ketones is 1. The van der Waals surface area contributed by atoms with Crippen molar-refractivity contribution < 1.29 is 14.7 Å². The molecule has 2 atom stereocenters. The van der Waals surface area contributed by atoms with Crippen LogP contribution in [-0.4, -0.2) is 29.4 Å². The summed E-state index contributed by atoms with van der Waals surface area (Å²) in [4.78, 5) is 21.2. The lowest BCUT2D eigenvalue weighted by Crippen LogP contribution is -2.62. The normalized spacial score (nSPS) is 30.8. The first kappa shape index (κ1) is 7.21. The van der Waals surface area contributed by atoms with Crippen molar-refractivity contribution in [3.63, 3.8) is 0 Å². The lowest BCUT2D eigenvalue weighted by Gasteiger charge is -2.33. The van der Waals surface area contributed by atoms with E-state index in [0.29, 0.717) is 0 Å². The van der Waals surface area contributed by atoms with E-state index in [1.54, 1.807) is 0 Å². The SMILES string of the molecule is CC(=O)[C@@H]1C(=O)N[C@@H]1CO. The molecule has 0 aliphatic carbocycles. The van der Waals surface area contributed by atoms with Gasteiger partial charge in [-0.05, 0) is 6.92 Å². The highest BCUT2D eigenvalue weighted by Gasteiger charge is 2.41. The molecule has 0 aromatic rings. The van der Waals surface area contributed by atoms with Gasteiger partial charge in [-0.15, -0.1) is 0 Å². The van der Waals surface area contributed by atoms with E-state index in [4.69, 9.17) is 5.11 Å². The van der Waals surface area contributed by atoms with Gasteiger partial charge < -0.3 is 10.4 Å². The maximum Gasteiger partial charge on any atom is 0.233 e. The molecular formula is C6H9NO3. The van der Waals surface area contributed by atoms with Crippen LogP contribution in [-0.2, 0) is 9.59 Å². The first-order valence-corrected chi connectivity index (χ1v) is 3.08. The molecule has 0 bridgehead atoms. The molecule has 1 aliphatic heterocycles. The maximum atomic E-state index is 10.6. The predicted molar refractivity (Wildman–Crippen MR) is 33.2 cm³/mol. The van der Waals surface area contributed by atoms with Crippen LogP contribution in [0.3, 0.4) is 0 Å². The van der Waals surface area contributed by atoms with Crippen molar-refractivity contribution in [1.29, 1.82) is 0 Å². The number of hydrogen-bond acceptors (Lipinski definition) is 3. The van der Waals surface area contributed by atoms with E-state index in [1.807, 2.05) is 0 Å². The average molecular weight is 143 g/mol. The van der Waals surface area contributed by atoms with Gasteiger partial charge in [0, 0.05) is 0 Å². The van der Waals surface area contributed by atoms with Crippen molar-refractivity contribution in [1.82, 2.24) is 5.32 Å². The van der Waals surface area contributed by atoms with Gasteiger partial charge in [0.1, 0.15) is 11.7 Å². The van der Waals surface area contributed by atoms with Crippen LogP contribution < -0.4 is 5.32 Å². The molecule has 1 fully saturated rings. The summed E-state index contributed by atoms with van der Waals surface area (Å²) >= 11 is 0. The van der Waals surface area contributed by atoms with Crippen LogP contribution in [0.2, 0.25) is 0 Å². The molecule has 0 spiro atoms. The summed E-state index contributed by atoms with van der Waals surface area (Å²) < 4.78 is 0. The van der Waals surface area contributed by atoms with Crippen molar-refractivity contribution in [2.24, 2.45) is 5.92 Å². The van der Waals surface area contributed by atoms with E-state index in [2.05, 4.69) is 5.32 Å². The van der Waals surface area contributed by atoms with Crippen molar-refractivity contribution in [3.8, 4) is 0 Å². The largest absolute Gasteiger partial charge is 0.394 e. The minimum absolute atomic E-state index is 0.157. The van der Waals surface area contributed by atoms with E-state index < -0.39 is 5.92 Å². The highest BCUT2D eigenvalue weighted by atomic mass is 16.3. The predicted octanol–water partition coefficient (Wildman–Crippen LogP) is -1.32. The number of hydrogen-bond donors (Lipinski definition) is 2. The minimum atomic E-state index is -0.606. The summed E-state index contributed by atoms with van der Waals surface area (Å²) in [7, 11) is 0. The monoisotopic (exact) mass is 143 g/mol. The number of aliphatic hydroxyl groups is 1. The smallest absolute Gasteiger partial charge is 0.233 e. The third-order valence-electron chi connectivity index (χ3n) is 1.65. The number of carbonyl (C=O) groups is 2. The van der Waals surface area contributed by atoms with Crippen LogP contribution in [0.25, 0.3) is 0 Å². The molecule has 0 unspecified atom stereocenters. The first-order chi connectivity index (χ1) is 4.66. The molecule has 0 saturated carbocycles. The van der Waals surface area contributed by atoms with Crippen LogP contribution in [0.4, 0.5) is 0 Å². The Morgan fingerprint density at radius 1 is 1.80 bits per heavy atom. The van der Waals surface area contributed by atoms with E-state index in [0.717, 1.165) is 0 Å². The third kappa shape index (κ3) is 0.903. The number of carbonyl (C=O) groups excluding carboxylic acids is 2. The second-order valence-electron chi connectivity index (χ2n) is 2.39. The van der Waals surface area contributed by atoms with Crippen LogP contribution in [0.15, 0.2) is 0 Å². The van der Waals surface area contributed by atoms with Gasteiger partial charge in [0.15, 0.2) is 0 Å². The van der Waals surface area contributed by atoms with E-state index in [1.165, 1.54) is 6.92 Å². The molecular weight excluding hydrogens is 134 g/mol. The summed E-state index contributed by atoms with van der Waals surface area (Å²) in [5.74, 6) is -1.06. The van der Waals surface area contributed by atoms with E-state index >= 15 is 0 Å². The number of rotatable bonds is 2. The highest BCUT2D eigenvalue weighted by Crippen LogP contribution is 2.14. The van der Waals surface area contributed by atoms with Crippen molar-refractivity contribution in [2.75, 3.05) is 6.61 Å². The molecule has 0 aromatic heterocycles.